The molecular weight excluding hydrogens is 314 g/mol. The first kappa shape index (κ1) is 18.7. The predicted octanol–water partition coefficient (Wildman–Crippen LogP) is 2.81. The Morgan fingerprint density at radius 3 is 2.53 bits per heavy atom. The van der Waals surface area contributed by atoms with Crippen molar-refractivity contribution in [2.24, 2.45) is 0 Å². The van der Waals surface area contributed by atoms with Crippen molar-refractivity contribution in [1.29, 1.82) is 0 Å². The molecule has 1 aliphatic heterocycles. The maximum absolute atomic E-state index is 13.2. The largest absolute Gasteiger partial charge is 0.508 e. The van der Waals surface area contributed by atoms with E-state index in [4.69, 9.17) is 11.6 Å². The summed E-state index contributed by atoms with van der Waals surface area (Å²) >= 11 is 5.89. The van der Waals surface area contributed by atoms with Crippen LogP contribution in [0.4, 0.5) is 4.39 Å². The lowest BCUT2D eigenvalue weighted by Gasteiger charge is -2.33. The molecular formula is C12H18Cl3FN2O. The number of nitrogens with one attached hydrogen (secondary N) is 1. The van der Waals surface area contributed by atoms with Gasteiger partial charge in [-0.2, -0.15) is 0 Å². The maximum atomic E-state index is 13.2. The Hall–Kier alpha value is -0.260. The maximum Gasteiger partial charge on any atom is 0.120 e. The fourth-order valence-electron chi connectivity index (χ4n) is 2.16. The van der Waals surface area contributed by atoms with Gasteiger partial charge in [-0.05, 0) is 18.2 Å². The number of aromatic hydroxyl groups is 1. The fourth-order valence-corrected chi connectivity index (χ4v) is 2.34. The Morgan fingerprint density at radius 1 is 1.32 bits per heavy atom. The number of nitrogens with zero attached hydrogens (tertiary/aromatic N) is 1. The zero-order chi connectivity index (χ0) is 12.3. The van der Waals surface area contributed by atoms with Gasteiger partial charge in [-0.3, -0.25) is 4.90 Å². The Morgan fingerprint density at radius 2 is 1.95 bits per heavy atom. The van der Waals surface area contributed by atoms with Gasteiger partial charge in [0.05, 0.1) is 6.04 Å². The summed E-state index contributed by atoms with van der Waals surface area (Å²) in [6.07, 6.45) is 0. The quantitative estimate of drug-likeness (QED) is 0.894. The lowest BCUT2D eigenvalue weighted by Crippen LogP contribution is -2.45. The van der Waals surface area contributed by atoms with Crippen LogP contribution in [0.2, 0.25) is 5.02 Å². The van der Waals surface area contributed by atoms with Crippen LogP contribution in [0, 0.1) is 0 Å². The molecule has 2 N–H and O–H groups in total. The van der Waals surface area contributed by atoms with Gasteiger partial charge in [-0.25, -0.2) is 4.39 Å². The molecule has 0 saturated carbocycles. The highest BCUT2D eigenvalue weighted by Crippen LogP contribution is 2.31. The van der Waals surface area contributed by atoms with Crippen molar-refractivity contribution in [3.8, 4) is 5.75 Å². The van der Waals surface area contributed by atoms with Gasteiger partial charge in [0.15, 0.2) is 0 Å². The molecule has 0 aromatic heterocycles. The van der Waals surface area contributed by atoms with E-state index in [9.17, 15) is 9.50 Å². The van der Waals surface area contributed by atoms with Crippen LogP contribution in [0.1, 0.15) is 11.6 Å². The third-order valence-electron chi connectivity index (χ3n) is 3.09. The first-order valence-electron chi connectivity index (χ1n) is 5.71. The number of piperazine rings is 1. The van der Waals surface area contributed by atoms with Crippen LogP contribution < -0.4 is 5.32 Å². The summed E-state index contributed by atoms with van der Waals surface area (Å²) in [7, 11) is 0. The Bertz CT molecular complexity index is 389. The highest BCUT2D eigenvalue weighted by Gasteiger charge is 2.24. The zero-order valence-electron chi connectivity index (χ0n) is 10.3. The third-order valence-corrected chi connectivity index (χ3v) is 3.32. The second-order valence-corrected chi connectivity index (χ2v) is 4.60. The molecule has 0 spiro atoms. The van der Waals surface area contributed by atoms with Gasteiger partial charge in [0.1, 0.15) is 12.4 Å². The molecule has 1 aromatic rings. The fraction of sp³-hybridized carbons (Fsp3) is 0.500. The summed E-state index contributed by atoms with van der Waals surface area (Å²) in [6.45, 7) is 2.73. The highest BCUT2D eigenvalue weighted by molar-refractivity contribution is 6.30. The molecule has 2 rings (SSSR count). The van der Waals surface area contributed by atoms with Crippen LogP contribution in [0.15, 0.2) is 18.2 Å². The van der Waals surface area contributed by atoms with Crippen molar-refractivity contribution in [2.45, 2.75) is 6.04 Å². The number of hydrogen-bond donors (Lipinski definition) is 2. The number of alkyl halides is 1. The van der Waals surface area contributed by atoms with Crippen LogP contribution in [0.25, 0.3) is 0 Å². The zero-order valence-corrected chi connectivity index (χ0v) is 12.7. The summed E-state index contributed by atoms with van der Waals surface area (Å²) in [5, 5.41) is 13.5. The second kappa shape index (κ2) is 8.82. The molecule has 0 radical (unpaired) electrons. The Labute approximate surface area is 129 Å². The topological polar surface area (TPSA) is 35.5 Å². The molecule has 1 aromatic carbocycles. The molecule has 1 saturated heterocycles. The minimum atomic E-state index is -0.520. The van der Waals surface area contributed by atoms with E-state index in [-0.39, 0.29) is 30.6 Å². The molecule has 19 heavy (non-hydrogen) atoms. The summed E-state index contributed by atoms with van der Waals surface area (Å²) < 4.78 is 13.2. The lowest BCUT2D eigenvalue weighted by molar-refractivity contribution is 0.145. The second-order valence-electron chi connectivity index (χ2n) is 4.16. The van der Waals surface area contributed by atoms with Crippen LogP contribution >= 0.6 is 36.4 Å². The Kier molecular flexibility index (Phi) is 8.70. The van der Waals surface area contributed by atoms with Crippen LogP contribution in [-0.4, -0.2) is 42.9 Å². The molecule has 1 aliphatic rings. The number of rotatable bonds is 3. The van der Waals surface area contributed by atoms with Gasteiger partial charge < -0.3 is 10.4 Å². The molecule has 3 nitrogen and oxygen atoms in total. The third kappa shape index (κ3) is 4.65. The molecule has 1 heterocycles. The number of hydrogen-bond acceptors (Lipinski definition) is 3. The van der Waals surface area contributed by atoms with E-state index in [2.05, 4.69) is 5.32 Å². The molecule has 0 aliphatic carbocycles. The molecule has 0 amide bonds. The molecule has 110 valence electrons. The van der Waals surface area contributed by atoms with Gasteiger partial charge in [0.2, 0.25) is 0 Å². The van der Waals surface area contributed by atoms with Gasteiger partial charge in [0, 0.05) is 36.8 Å². The predicted molar refractivity (Wildman–Crippen MR) is 80.8 cm³/mol. The normalized spacial score (nSPS) is 17.2. The van der Waals surface area contributed by atoms with E-state index in [0.717, 1.165) is 26.2 Å². The smallest absolute Gasteiger partial charge is 0.120 e. The molecule has 1 fully saturated rings. The van der Waals surface area contributed by atoms with Crippen molar-refractivity contribution in [1.82, 2.24) is 10.2 Å². The Balaban J connectivity index is 0.00000162. The van der Waals surface area contributed by atoms with Gasteiger partial charge in [-0.15, -0.1) is 24.8 Å². The van der Waals surface area contributed by atoms with E-state index in [0.29, 0.717) is 10.6 Å². The summed E-state index contributed by atoms with van der Waals surface area (Å²) in [5.41, 5.74) is 0.571. The van der Waals surface area contributed by atoms with E-state index in [1.54, 1.807) is 12.1 Å². The standard InChI is InChI=1S/C12H16ClFN2O.2ClH/c13-9-1-2-12(17)10(7-9)11(8-14)16-5-3-15-4-6-16;;/h1-2,7,11,15,17H,3-6,8H2;2*1H/t11-;;/m0../s1. The van der Waals surface area contributed by atoms with E-state index in [1.165, 1.54) is 6.07 Å². The average Bonchev–Trinajstić information content (AvgIpc) is 2.36. The number of phenolic OH excluding ortho intramolecular Hbond substituents is 1. The SMILES string of the molecule is Cl.Cl.Oc1ccc(Cl)cc1[C@H](CF)N1CCNCC1. The van der Waals surface area contributed by atoms with E-state index in [1.807, 2.05) is 4.90 Å². The monoisotopic (exact) mass is 330 g/mol. The van der Waals surface area contributed by atoms with Gasteiger partial charge >= 0.3 is 0 Å². The van der Waals surface area contributed by atoms with Crippen molar-refractivity contribution in [3.05, 3.63) is 28.8 Å². The van der Waals surface area contributed by atoms with Crippen molar-refractivity contribution >= 4 is 36.4 Å². The van der Waals surface area contributed by atoms with Crippen LogP contribution in [0.5, 0.6) is 5.75 Å². The van der Waals surface area contributed by atoms with Gasteiger partial charge in [-0.1, -0.05) is 11.6 Å². The molecule has 0 unspecified atom stereocenters. The summed E-state index contributed by atoms with van der Waals surface area (Å²) in [5.74, 6) is 0.107. The highest BCUT2D eigenvalue weighted by atomic mass is 35.5. The average molecular weight is 332 g/mol. The number of benzene rings is 1. The van der Waals surface area contributed by atoms with Crippen molar-refractivity contribution in [3.63, 3.8) is 0 Å². The van der Waals surface area contributed by atoms with Crippen molar-refractivity contribution in [2.75, 3.05) is 32.9 Å². The number of halogens is 4. The molecule has 0 bridgehead atoms. The minimum Gasteiger partial charge on any atom is -0.508 e. The first-order valence-corrected chi connectivity index (χ1v) is 6.09. The van der Waals surface area contributed by atoms with Crippen LogP contribution in [-0.2, 0) is 0 Å². The van der Waals surface area contributed by atoms with Crippen LogP contribution in [0.3, 0.4) is 0 Å². The van der Waals surface area contributed by atoms with Gasteiger partial charge in [0.25, 0.3) is 0 Å². The molecule has 7 heteroatoms. The number of phenols is 1. The minimum absolute atomic E-state index is 0. The first-order chi connectivity index (χ1) is 8.22. The van der Waals surface area contributed by atoms with E-state index >= 15 is 0 Å². The lowest BCUT2D eigenvalue weighted by atomic mass is 10.0. The molecule has 1 atom stereocenters. The van der Waals surface area contributed by atoms with E-state index < -0.39 is 12.7 Å². The summed E-state index contributed by atoms with van der Waals surface area (Å²) in [4.78, 5) is 2.03. The van der Waals surface area contributed by atoms with Crippen molar-refractivity contribution < 1.29 is 9.50 Å². The summed E-state index contributed by atoms with van der Waals surface area (Å²) in [6, 6.07) is 4.36.